The molecule has 0 heterocycles. The Morgan fingerprint density at radius 3 is 2.44 bits per heavy atom. The molecule has 0 atom stereocenters. The summed E-state index contributed by atoms with van der Waals surface area (Å²) in [5.74, 6) is 0.0877. The second kappa shape index (κ2) is 7.11. The van der Waals surface area contributed by atoms with E-state index >= 15 is 0 Å². The molecule has 1 aromatic carbocycles. The van der Waals surface area contributed by atoms with Gasteiger partial charge in [0.2, 0.25) is 0 Å². The van der Waals surface area contributed by atoms with Gasteiger partial charge in [-0.3, -0.25) is 0 Å². The molecule has 0 aromatic heterocycles. The minimum absolute atomic E-state index is 0.0877. The Morgan fingerprint density at radius 2 is 1.94 bits per heavy atom. The van der Waals surface area contributed by atoms with E-state index in [0.29, 0.717) is 10.6 Å². The zero-order valence-electron chi connectivity index (χ0n) is 10.9. The van der Waals surface area contributed by atoms with Crippen molar-refractivity contribution in [2.24, 2.45) is 10.9 Å². The Morgan fingerprint density at radius 1 is 1.33 bits per heavy atom. The number of hydrogen-bond donors (Lipinski definition) is 2. The van der Waals surface area contributed by atoms with Gasteiger partial charge in [-0.2, -0.15) is 0 Å². The fraction of sp³-hybridized carbons (Fsp3) is 0.462. The first-order valence-corrected chi connectivity index (χ1v) is 6.54. The molecule has 0 aliphatic rings. The molecular formula is C13H20ClN3O. The van der Waals surface area contributed by atoms with Crippen LogP contribution in [0.15, 0.2) is 23.4 Å². The van der Waals surface area contributed by atoms with Gasteiger partial charge in [0.25, 0.3) is 0 Å². The van der Waals surface area contributed by atoms with E-state index in [1.807, 2.05) is 12.1 Å². The molecule has 1 rings (SSSR count). The molecule has 1 aromatic rings. The maximum absolute atomic E-state index is 8.85. The fourth-order valence-corrected chi connectivity index (χ4v) is 2.11. The summed E-state index contributed by atoms with van der Waals surface area (Å²) in [7, 11) is 0. The third kappa shape index (κ3) is 3.53. The van der Waals surface area contributed by atoms with Gasteiger partial charge in [0.1, 0.15) is 0 Å². The number of anilines is 1. The molecule has 0 amide bonds. The average Bonchev–Trinajstić information content (AvgIpc) is 2.37. The highest BCUT2D eigenvalue weighted by Crippen LogP contribution is 2.24. The highest BCUT2D eigenvalue weighted by Gasteiger charge is 2.13. The maximum atomic E-state index is 8.85. The third-order valence-electron chi connectivity index (χ3n) is 2.67. The van der Waals surface area contributed by atoms with Gasteiger partial charge in [0.15, 0.2) is 5.84 Å². The van der Waals surface area contributed by atoms with Crippen LogP contribution in [0.2, 0.25) is 5.02 Å². The first kappa shape index (κ1) is 14.6. The molecular weight excluding hydrogens is 250 g/mol. The van der Waals surface area contributed by atoms with Crippen molar-refractivity contribution in [3.8, 4) is 0 Å². The van der Waals surface area contributed by atoms with Gasteiger partial charge in [-0.25, -0.2) is 0 Å². The molecule has 18 heavy (non-hydrogen) atoms. The van der Waals surface area contributed by atoms with E-state index in [-0.39, 0.29) is 5.84 Å². The van der Waals surface area contributed by atoms with Gasteiger partial charge in [0.05, 0.1) is 0 Å². The van der Waals surface area contributed by atoms with Gasteiger partial charge >= 0.3 is 0 Å². The molecule has 100 valence electrons. The number of nitrogens with two attached hydrogens (primary N) is 1. The van der Waals surface area contributed by atoms with Gasteiger partial charge in [-0.15, -0.1) is 0 Å². The molecule has 4 nitrogen and oxygen atoms in total. The van der Waals surface area contributed by atoms with E-state index in [1.165, 1.54) is 0 Å². The van der Waals surface area contributed by atoms with Crippen molar-refractivity contribution >= 4 is 23.1 Å². The van der Waals surface area contributed by atoms with Crippen LogP contribution in [0.4, 0.5) is 5.69 Å². The highest BCUT2D eigenvalue weighted by molar-refractivity contribution is 6.31. The van der Waals surface area contributed by atoms with Crippen LogP contribution in [0.25, 0.3) is 0 Å². The van der Waals surface area contributed by atoms with Crippen LogP contribution in [0, 0.1) is 0 Å². The van der Waals surface area contributed by atoms with Crippen LogP contribution >= 0.6 is 11.6 Å². The van der Waals surface area contributed by atoms with Gasteiger partial charge in [-0.1, -0.05) is 30.6 Å². The Bertz CT molecular complexity index is 415. The van der Waals surface area contributed by atoms with Crippen LogP contribution in [0.3, 0.4) is 0 Å². The molecule has 0 aliphatic heterocycles. The van der Waals surface area contributed by atoms with Crippen LogP contribution in [-0.2, 0) is 0 Å². The summed E-state index contributed by atoms with van der Waals surface area (Å²) in [5, 5.41) is 12.5. The van der Waals surface area contributed by atoms with E-state index in [4.69, 9.17) is 22.5 Å². The summed E-state index contributed by atoms with van der Waals surface area (Å²) in [5.41, 5.74) is 7.34. The lowest BCUT2D eigenvalue weighted by Gasteiger charge is -2.26. The molecule has 3 N–H and O–H groups in total. The molecule has 0 aliphatic carbocycles. The maximum Gasteiger partial charge on any atom is 0.172 e. The summed E-state index contributed by atoms with van der Waals surface area (Å²) in [6.45, 7) is 6.12. The average molecular weight is 270 g/mol. The predicted octanol–water partition coefficient (Wildman–Crippen LogP) is 3.06. The van der Waals surface area contributed by atoms with Crippen molar-refractivity contribution in [1.29, 1.82) is 0 Å². The summed E-state index contributed by atoms with van der Waals surface area (Å²) in [6, 6.07) is 5.47. The number of benzene rings is 1. The molecule has 0 fully saturated rings. The van der Waals surface area contributed by atoms with Crippen LogP contribution in [0.1, 0.15) is 32.3 Å². The molecule has 0 radical (unpaired) electrons. The molecule has 0 bridgehead atoms. The third-order valence-corrected chi connectivity index (χ3v) is 2.91. The van der Waals surface area contributed by atoms with Gasteiger partial charge < -0.3 is 15.8 Å². The number of amidine groups is 1. The molecule has 0 saturated heterocycles. The zero-order valence-corrected chi connectivity index (χ0v) is 11.6. The summed E-state index contributed by atoms with van der Waals surface area (Å²) < 4.78 is 0. The van der Waals surface area contributed by atoms with E-state index in [0.717, 1.165) is 31.6 Å². The summed E-state index contributed by atoms with van der Waals surface area (Å²) >= 11 is 5.97. The van der Waals surface area contributed by atoms with E-state index in [9.17, 15) is 0 Å². The van der Waals surface area contributed by atoms with Crippen LogP contribution < -0.4 is 10.6 Å². The normalized spacial score (nSPS) is 11.6. The van der Waals surface area contributed by atoms with Crippen LogP contribution in [0.5, 0.6) is 0 Å². The Balaban J connectivity index is 3.19. The minimum atomic E-state index is 0.0877. The largest absolute Gasteiger partial charge is 0.409 e. The Labute approximate surface area is 113 Å². The van der Waals surface area contributed by atoms with E-state index in [1.54, 1.807) is 6.07 Å². The quantitative estimate of drug-likeness (QED) is 0.361. The summed E-state index contributed by atoms with van der Waals surface area (Å²) in [6.07, 6.45) is 2.08. The number of halogens is 1. The fourth-order valence-electron chi connectivity index (χ4n) is 1.94. The lowest BCUT2D eigenvalue weighted by molar-refractivity contribution is 0.318. The van der Waals surface area contributed by atoms with Gasteiger partial charge in [0, 0.05) is 29.4 Å². The van der Waals surface area contributed by atoms with Crippen molar-refractivity contribution in [2.45, 2.75) is 26.7 Å². The van der Waals surface area contributed by atoms with Crippen molar-refractivity contribution in [3.05, 3.63) is 28.8 Å². The summed E-state index contributed by atoms with van der Waals surface area (Å²) in [4.78, 5) is 2.23. The van der Waals surface area contributed by atoms with Crippen LogP contribution in [-0.4, -0.2) is 24.1 Å². The molecule has 0 unspecified atom stereocenters. The lowest BCUT2D eigenvalue weighted by atomic mass is 10.1. The Kier molecular flexibility index (Phi) is 5.78. The number of hydrogen-bond acceptors (Lipinski definition) is 3. The van der Waals surface area contributed by atoms with Crippen molar-refractivity contribution in [1.82, 2.24) is 0 Å². The van der Waals surface area contributed by atoms with Crippen molar-refractivity contribution < 1.29 is 5.21 Å². The lowest BCUT2D eigenvalue weighted by Crippen LogP contribution is -2.28. The topological polar surface area (TPSA) is 61.8 Å². The van der Waals surface area contributed by atoms with E-state index in [2.05, 4.69) is 23.9 Å². The molecule has 0 spiro atoms. The van der Waals surface area contributed by atoms with E-state index < -0.39 is 0 Å². The first-order chi connectivity index (χ1) is 8.63. The van der Waals surface area contributed by atoms with Gasteiger partial charge in [-0.05, 0) is 31.0 Å². The second-order valence-electron chi connectivity index (χ2n) is 4.13. The second-order valence-corrected chi connectivity index (χ2v) is 4.57. The number of nitrogens with zero attached hydrogens (tertiary/aromatic N) is 2. The van der Waals surface area contributed by atoms with Crippen molar-refractivity contribution in [3.63, 3.8) is 0 Å². The monoisotopic (exact) mass is 269 g/mol. The molecule has 5 heteroatoms. The predicted molar refractivity (Wildman–Crippen MR) is 76.8 cm³/mol. The molecule has 0 saturated carbocycles. The SMILES string of the molecule is CCCN(CCC)c1ccc(Cl)cc1C(N)=NO. The first-order valence-electron chi connectivity index (χ1n) is 6.16. The number of oxime groups is 1. The highest BCUT2D eigenvalue weighted by atomic mass is 35.5. The van der Waals surface area contributed by atoms with Crippen molar-refractivity contribution in [2.75, 3.05) is 18.0 Å². The Hall–Kier alpha value is -1.42. The number of rotatable bonds is 6. The zero-order chi connectivity index (χ0) is 13.5. The minimum Gasteiger partial charge on any atom is -0.409 e. The smallest absolute Gasteiger partial charge is 0.172 e. The standard InChI is InChI=1S/C13H20ClN3O/c1-3-7-17(8-4-2)12-6-5-10(14)9-11(12)13(15)16-18/h5-6,9,18H,3-4,7-8H2,1-2H3,(H2,15,16).